The van der Waals surface area contributed by atoms with Gasteiger partial charge in [-0.25, -0.2) is 4.98 Å². The number of aromatic hydroxyl groups is 1. The molecule has 0 bridgehead atoms. The van der Waals surface area contributed by atoms with Gasteiger partial charge < -0.3 is 24.6 Å². The SMILES string of the molecule is COc1cc(C2C(C(=O)c3sc(C)nc3C)=C(O)C(=O)N2CCCN2CCOCC2)ccc1O. The van der Waals surface area contributed by atoms with E-state index in [-0.39, 0.29) is 17.1 Å². The summed E-state index contributed by atoms with van der Waals surface area (Å²) < 4.78 is 10.6. The fourth-order valence-corrected chi connectivity index (χ4v) is 5.35. The van der Waals surface area contributed by atoms with Crippen molar-refractivity contribution in [2.24, 2.45) is 0 Å². The number of aryl methyl sites for hydroxylation is 2. The number of phenolic OH excluding ortho intramolecular Hbond substituents is 1. The summed E-state index contributed by atoms with van der Waals surface area (Å²) in [5, 5.41) is 21.7. The van der Waals surface area contributed by atoms with Crippen molar-refractivity contribution >= 4 is 23.0 Å². The summed E-state index contributed by atoms with van der Waals surface area (Å²) in [6.45, 7) is 7.72. The monoisotopic (exact) mass is 487 g/mol. The van der Waals surface area contributed by atoms with E-state index in [9.17, 15) is 19.8 Å². The Hall–Kier alpha value is -2.95. The van der Waals surface area contributed by atoms with Crippen LogP contribution in [0.25, 0.3) is 0 Å². The number of amides is 1. The van der Waals surface area contributed by atoms with Crippen LogP contribution in [0.15, 0.2) is 29.5 Å². The highest BCUT2D eigenvalue weighted by Gasteiger charge is 2.44. The third-order valence-corrected chi connectivity index (χ3v) is 7.23. The fourth-order valence-electron chi connectivity index (χ4n) is 4.48. The van der Waals surface area contributed by atoms with E-state index in [1.807, 2.05) is 6.92 Å². The van der Waals surface area contributed by atoms with Crippen LogP contribution < -0.4 is 4.74 Å². The van der Waals surface area contributed by atoms with Gasteiger partial charge in [-0.05, 0) is 38.0 Å². The average Bonchev–Trinajstić information content (AvgIpc) is 3.30. The summed E-state index contributed by atoms with van der Waals surface area (Å²) >= 11 is 1.24. The number of carbonyl (C=O) groups excluding carboxylic acids is 2. The first kappa shape index (κ1) is 24.2. The summed E-state index contributed by atoms with van der Waals surface area (Å²) in [5.74, 6) is -1.37. The van der Waals surface area contributed by atoms with Gasteiger partial charge in [0.15, 0.2) is 17.3 Å². The molecule has 1 saturated heterocycles. The van der Waals surface area contributed by atoms with Crippen LogP contribution in [0.3, 0.4) is 0 Å². The average molecular weight is 488 g/mol. The number of hydrogen-bond donors (Lipinski definition) is 2. The molecular formula is C24H29N3O6S. The molecule has 1 fully saturated rings. The smallest absolute Gasteiger partial charge is 0.290 e. The lowest BCUT2D eigenvalue weighted by Crippen LogP contribution is -2.39. The van der Waals surface area contributed by atoms with E-state index in [1.165, 1.54) is 29.4 Å². The van der Waals surface area contributed by atoms with Crippen molar-refractivity contribution in [3.8, 4) is 11.5 Å². The normalized spacial score (nSPS) is 19.2. The standard InChI is InChI=1S/C24H29N3O6S/c1-14-23(34-15(2)25-14)21(29)19-20(16-5-6-17(28)18(13-16)32-3)27(24(31)22(19)30)8-4-7-26-9-11-33-12-10-26/h5-6,13,20,28,30H,4,7-12H2,1-3H3. The fraction of sp³-hybridized carbons (Fsp3) is 0.458. The largest absolute Gasteiger partial charge is 0.504 e. The first-order chi connectivity index (χ1) is 16.3. The number of ether oxygens (including phenoxy) is 2. The van der Waals surface area contributed by atoms with Crippen molar-refractivity contribution in [2.45, 2.75) is 26.3 Å². The molecule has 34 heavy (non-hydrogen) atoms. The summed E-state index contributed by atoms with van der Waals surface area (Å²) in [4.78, 5) is 35.3. The highest BCUT2D eigenvalue weighted by atomic mass is 32.1. The van der Waals surface area contributed by atoms with E-state index in [4.69, 9.17) is 9.47 Å². The molecule has 4 rings (SSSR count). The number of methoxy groups -OCH3 is 1. The van der Waals surface area contributed by atoms with Crippen LogP contribution in [-0.2, 0) is 9.53 Å². The highest BCUT2D eigenvalue weighted by Crippen LogP contribution is 2.42. The second-order valence-electron chi connectivity index (χ2n) is 8.38. The Kier molecular flexibility index (Phi) is 7.20. The Labute approximate surface area is 202 Å². The number of Topliss-reactive ketones (excluding diaryl/α,β-unsaturated/α-hetero) is 1. The van der Waals surface area contributed by atoms with Crippen LogP contribution in [0.5, 0.6) is 11.5 Å². The molecular weight excluding hydrogens is 458 g/mol. The lowest BCUT2D eigenvalue weighted by molar-refractivity contribution is -0.129. The lowest BCUT2D eigenvalue weighted by Gasteiger charge is -2.30. The van der Waals surface area contributed by atoms with Gasteiger partial charge in [-0.2, -0.15) is 0 Å². The molecule has 0 saturated carbocycles. The van der Waals surface area contributed by atoms with Crippen LogP contribution in [0.1, 0.15) is 38.4 Å². The first-order valence-corrected chi connectivity index (χ1v) is 12.0. The predicted molar refractivity (Wildman–Crippen MR) is 127 cm³/mol. The number of benzene rings is 1. The molecule has 9 nitrogen and oxygen atoms in total. The quantitative estimate of drug-likeness (QED) is 0.547. The van der Waals surface area contributed by atoms with Crippen LogP contribution in [0.4, 0.5) is 0 Å². The van der Waals surface area contributed by atoms with Gasteiger partial charge in [-0.15, -0.1) is 11.3 Å². The van der Waals surface area contributed by atoms with Crippen molar-refractivity contribution in [1.29, 1.82) is 0 Å². The van der Waals surface area contributed by atoms with Crippen LogP contribution >= 0.6 is 11.3 Å². The van der Waals surface area contributed by atoms with E-state index in [0.29, 0.717) is 42.3 Å². The Morgan fingerprint density at radius 2 is 1.97 bits per heavy atom. The number of aliphatic hydroxyl groups excluding tert-OH is 1. The van der Waals surface area contributed by atoms with E-state index >= 15 is 0 Å². The predicted octanol–water partition coefficient (Wildman–Crippen LogP) is 2.77. The van der Waals surface area contributed by atoms with Crippen LogP contribution in [-0.4, -0.2) is 83.2 Å². The van der Waals surface area contributed by atoms with Gasteiger partial charge in [0.2, 0.25) is 5.78 Å². The molecule has 2 aliphatic heterocycles. The van der Waals surface area contributed by atoms with Gasteiger partial charge >= 0.3 is 0 Å². The Morgan fingerprint density at radius 3 is 2.62 bits per heavy atom. The number of hydrogen-bond acceptors (Lipinski definition) is 9. The number of rotatable bonds is 8. The number of carbonyl (C=O) groups is 2. The summed E-state index contributed by atoms with van der Waals surface area (Å²) in [6.07, 6.45) is 0.672. The number of ketones is 1. The van der Waals surface area contributed by atoms with Gasteiger partial charge in [-0.1, -0.05) is 6.07 Å². The second-order valence-corrected chi connectivity index (χ2v) is 9.58. The second kappa shape index (κ2) is 10.1. The molecule has 1 unspecified atom stereocenters. The molecule has 1 aromatic heterocycles. The maximum absolute atomic E-state index is 13.6. The zero-order chi connectivity index (χ0) is 24.4. The van der Waals surface area contributed by atoms with E-state index < -0.39 is 23.5 Å². The number of morpholine rings is 1. The van der Waals surface area contributed by atoms with Gasteiger partial charge in [0.05, 0.1) is 47.5 Å². The minimum atomic E-state index is -0.805. The van der Waals surface area contributed by atoms with Crippen molar-refractivity contribution in [1.82, 2.24) is 14.8 Å². The number of nitrogens with zero attached hydrogens (tertiary/aromatic N) is 3. The summed E-state index contributed by atoms with van der Waals surface area (Å²) in [5.41, 5.74) is 1.16. The lowest BCUT2D eigenvalue weighted by atomic mass is 9.94. The third kappa shape index (κ3) is 4.66. The molecule has 3 heterocycles. The molecule has 10 heteroatoms. The summed E-state index contributed by atoms with van der Waals surface area (Å²) in [6, 6.07) is 3.89. The van der Waals surface area contributed by atoms with Crippen molar-refractivity contribution in [3.63, 3.8) is 0 Å². The number of phenols is 1. The Morgan fingerprint density at radius 1 is 1.24 bits per heavy atom. The molecule has 2 aliphatic rings. The number of aliphatic hydroxyl groups is 1. The van der Waals surface area contributed by atoms with E-state index in [2.05, 4.69) is 9.88 Å². The highest BCUT2D eigenvalue weighted by molar-refractivity contribution is 7.14. The molecule has 2 aromatic rings. The van der Waals surface area contributed by atoms with Crippen molar-refractivity contribution < 1.29 is 29.3 Å². The summed E-state index contributed by atoms with van der Waals surface area (Å²) in [7, 11) is 1.43. The molecule has 1 aromatic carbocycles. The van der Waals surface area contributed by atoms with Gasteiger partial charge in [0, 0.05) is 26.2 Å². The number of aromatic nitrogens is 1. The molecule has 0 radical (unpaired) electrons. The van der Waals surface area contributed by atoms with E-state index in [1.54, 1.807) is 19.1 Å². The maximum atomic E-state index is 13.6. The van der Waals surface area contributed by atoms with E-state index in [0.717, 1.165) is 24.6 Å². The van der Waals surface area contributed by atoms with Gasteiger partial charge in [0.25, 0.3) is 5.91 Å². The van der Waals surface area contributed by atoms with Gasteiger partial charge in [0.1, 0.15) is 0 Å². The van der Waals surface area contributed by atoms with Crippen LogP contribution in [0.2, 0.25) is 0 Å². The third-order valence-electron chi connectivity index (χ3n) is 6.15. The molecule has 0 spiro atoms. The minimum Gasteiger partial charge on any atom is -0.504 e. The minimum absolute atomic E-state index is 0.0239. The Bertz CT molecular complexity index is 1120. The molecule has 1 amide bonds. The molecule has 0 aliphatic carbocycles. The molecule has 2 N–H and O–H groups in total. The maximum Gasteiger partial charge on any atom is 0.290 e. The van der Waals surface area contributed by atoms with Crippen LogP contribution in [0, 0.1) is 13.8 Å². The molecule has 1 atom stereocenters. The number of thiazole rings is 1. The van der Waals surface area contributed by atoms with Crippen molar-refractivity contribution in [2.75, 3.05) is 46.5 Å². The zero-order valence-corrected chi connectivity index (χ0v) is 20.4. The van der Waals surface area contributed by atoms with Crippen molar-refractivity contribution in [3.05, 3.63) is 50.7 Å². The van der Waals surface area contributed by atoms with Gasteiger partial charge in [-0.3, -0.25) is 14.5 Å². The zero-order valence-electron chi connectivity index (χ0n) is 19.5. The Balaban J connectivity index is 1.67. The first-order valence-electron chi connectivity index (χ1n) is 11.2. The molecule has 182 valence electrons. The topological polar surface area (TPSA) is 112 Å².